The number of non-ortho nitro benzene ring substituents is 1. The molecule has 0 aromatic heterocycles. The van der Waals surface area contributed by atoms with E-state index in [1.54, 1.807) is 42.5 Å². The minimum atomic E-state index is -0.998. The third-order valence-electron chi connectivity index (χ3n) is 5.18. The molecule has 36 heavy (non-hydrogen) atoms. The molecular weight excluding hydrogens is 552 g/mol. The van der Waals surface area contributed by atoms with E-state index >= 15 is 0 Å². The zero-order chi connectivity index (χ0) is 25.8. The third-order valence-corrected chi connectivity index (χ3v) is 6.71. The predicted octanol–water partition coefficient (Wildman–Crippen LogP) is 5.87. The van der Waals surface area contributed by atoms with E-state index < -0.39 is 22.0 Å². The number of carboxylic acid groups (broad SMARTS) is 1. The first-order chi connectivity index (χ1) is 17.2. The summed E-state index contributed by atoms with van der Waals surface area (Å²) in [6.45, 7) is 0.169. The number of aromatic carboxylic acids is 1. The van der Waals surface area contributed by atoms with E-state index in [1.165, 1.54) is 30.3 Å². The van der Waals surface area contributed by atoms with E-state index in [9.17, 15) is 24.5 Å². The second-order valence-corrected chi connectivity index (χ2v) is 9.52. The summed E-state index contributed by atoms with van der Waals surface area (Å²) in [6, 6.07) is 17.4. The molecule has 0 saturated carbocycles. The maximum atomic E-state index is 12.8. The van der Waals surface area contributed by atoms with Gasteiger partial charge in [0.2, 0.25) is 0 Å². The molecule has 4 rings (SSSR count). The lowest BCUT2D eigenvalue weighted by atomic mass is 10.1. The Kier molecular flexibility index (Phi) is 7.51. The van der Waals surface area contributed by atoms with Gasteiger partial charge >= 0.3 is 5.97 Å². The number of imide groups is 1. The van der Waals surface area contributed by atoms with Crippen LogP contribution < -0.4 is 4.74 Å². The number of ether oxygens (including phenoxy) is 1. The minimum absolute atomic E-state index is 0.0619. The van der Waals surface area contributed by atoms with Crippen LogP contribution in [-0.2, 0) is 17.9 Å². The number of thioether (sulfide) groups is 1. The van der Waals surface area contributed by atoms with Gasteiger partial charge in [0.25, 0.3) is 16.8 Å². The largest absolute Gasteiger partial charge is 0.488 e. The van der Waals surface area contributed by atoms with E-state index in [2.05, 4.69) is 15.9 Å². The molecule has 0 aliphatic carbocycles. The third kappa shape index (κ3) is 5.81. The van der Waals surface area contributed by atoms with Crippen LogP contribution in [0.25, 0.3) is 6.08 Å². The molecule has 0 unspecified atom stereocenters. The molecule has 0 atom stereocenters. The van der Waals surface area contributed by atoms with Gasteiger partial charge in [-0.1, -0.05) is 30.3 Å². The number of carbonyl (C=O) groups is 3. The van der Waals surface area contributed by atoms with Crippen molar-refractivity contribution in [3.63, 3.8) is 0 Å². The minimum Gasteiger partial charge on any atom is -0.488 e. The number of halogens is 1. The first-order valence-corrected chi connectivity index (χ1v) is 12.1. The molecule has 9 nitrogen and oxygen atoms in total. The molecule has 2 amide bonds. The highest BCUT2D eigenvalue weighted by molar-refractivity contribution is 9.10. The Labute approximate surface area is 217 Å². The molecule has 1 aliphatic heterocycles. The van der Waals surface area contributed by atoms with Crippen LogP contribution in [0, 0.1) is 10.1 Å². The normalized spacial score (nSPS) is 14.4. The van der Waals surface area contributed by atoms with Crippen LogP contribution in [0.4, 0.5) is 10.5 Å². The molecule has 0 bridgehead atoms. The highest BCUT2D eigenvalue weighted by Gasteiger charge is 2.35. The number of hydrogen-bond acceptors (Lipinski definition) is 7. The van der Waals surface area contributed by atoms with Gasteiger partial charge in [-0.2, -0.15) is 0 Å². The van der Waals surface area contributed by atoms with Crippen LogP contribution in [0.15, 0.2) is 76.1 Å². The average molecular weight is 569 g/mol. The highest BCUT2D eigenvalue weighted by Crippen LogP contribution is 2.35. The Morgan fingerprint density at radius 2 is 1.83 bits per heavy atom. The molecule has 0 radical (unpaired) electrons. The van der Waals surface area contributed by atoms with Crippen LogP contribution in [0.5, 0.6) is 5.75 Å². The summed E-state index contributed by atoms with van der Waals surface area (Å²) in [4.78, 5) is 48.0. The topological polar surface area (TPSA) is 127 Å². The van der Waals surface area contributed by atoms with Gasteiger partial charge < -0.3 is 9.84 Å². The predicted molar refractivity (Wildman–Crippen MR) is 136 cm³/mol. The van der Waals surface area contributed by atoms with Crippen molar-refractivity contribution in [3.8, 4) is 5.75 Å². The Morgan fingerprint density at radius 3 is 2.50 bits per heavy atom. The molecule has 1 saturated heterocycles. The molecule has 0 spiro atoms. The zero-order valence-corrected chi connectivity index (χ0v) is 20.8. The smallest absolute Gasteiger partial charge is 0.335 e. The molecule has 3 aromatic carbocycles. The number of carboxylic acids is 1. The van der Waals surface area contributed by atoms with E-state index in [1.807, 2.05) is 0 Å². The van der Waals surface area contributed by atoms with Crippen LogP contribution in [0.2, 0.25) is 0 Å². The Hall–Kier alpha value is -3.96. The molecule has 3 aromatic rings. The van der Waals surface area contributed by atoms with Crippen molar-refractivity contribution in [1.29, 1.82) is 0 Å². The van der Waals surface area contributed by atoms with Gasteiger partial charge in [0.05, 0.1) is 26.4 Å². The van der Waals surface area contributed by atoms with Gasteiger partial charge in [-0.25, -0.2) is 4.79 Å². The molecule has 1 N–H and O–H groups in total. The van der Waals surface area contributed by atoms with Crippen molar-refractivity contribution in [2.45, 2.75) is 13.2 Å². The number of rotatable bonds is 8. The van der Waals surface area contributed by atoms with Crippen molar-refractivity contribution >= 4 is 56.6 Å². The first kappa shape index (κ1) is 25.1. The van der Waals surface area contributed by atoms with Crippen molar-refractivity contribution in [2.75, 3.05) is 0 Å². The van der Waals surface area contributed by atoms with E-state index in [-0.39, 0.29) is 29.3 Å². The molecule has 11 heteroatoms. The van der Waals surface area contributed by atoms with Gasteiger partial charge in [0, 0.05) is 12.1 Å². The lowest BCUT2D eigenvalue weighted by molar-refractivity contribution is -0.384. The number of carbonyl (C=O) groups excluding carboxylic acids is 2. The van der Waals surface area contributed by atoms with Gasteiger partial charge in [-0.3, -0.25) is 24.6 Å². The van der Waals surface area contributed by atoms with Crippen molar-refractivity contribution in [1.82, 2.24) is 4.90 Å². The van der Waals surface area contributed by atoms with Gasteiger partial charge in [-0.15, -0.1) is 0 Å². The lowest BCUT2D eigenvalue weighted by Crippen LogP contribution is -2.27. The maximum absolute atomic E-state index is 12.8. The summed E-state index contributed by atoms with van der Waals surface area (Å²) in [5, 5.41) is 19.5. The Morgan fingerprint density at radius 1 is 1.08 bits per heavy atom. The standard InChI is InChI=1S/C25H17BrN2O7S/c26-20-11-16(6-9-21(20)35-14-15-4-7-18(8-5-15)24(30)31)12-22-23(29)27(25(32)36-22)13-17-2-1-3-19(10-17)28(33)34/h1-12H,13-14H2,(H,30,31)/b22-12+. The summed E-state index contributed by atoms with van der Waals surface area (Å²) in [7, 11) is 0. The van der Waals surface area contributed by atoms with E-state index in [0.717, 1.165) is 22.2 Å². The van der Waals surface area contributed by atoms with E-state index in [0.29, 0.717) is 21.3 Å². The van der Waals surface area contributed by atoms with Crippen molar-refractivity contribution < 1.29 is 29.2 Å². The fourth-order valence-electron chi connectivity index (χ4n) is 3.37. The van der Waals surface area contributed by atoms with Crippen molar-refractivity contribution in [2.24, 2.45) is 0 Å². The van der Waals surface area contributed by atoms with Gasteiger partial charge in [-0.05, 0) is 74.7 Å². The van der Waals surface area contributed by atoms with Crippen LogP contribution in [-0.4, -0.2) is 32.0 Å². The second kappa shape index (κ2) is 10.8. The molecule has 1 fully saturated rings. The summed E-state index contributed by atoms with van der Waals surface area (Å²) in [5.41, 5.74) is 2.03. The highest BCUT2D eigenvalue weighted by atomic mass is 79.9. The summed E-state index contributed by atoms with van der Waals surface area (Å²) in [5.74, 6) is -0.923. The fraction of sp³-hybridized carbons (Fsp3) is 0.0800. The average Bonchev–Trinajstić information content (AvgIpc) is 3.11. The number of nitrogens with zero attached hydrogens (tertiary/aromatic N) is 2. The molecule has 182 valence electrons. The molecule has 1 heterocycles. The number of hydrogen-bond donors (Lipinski definition) is 1. The summed E-state index contributed by atoms with van der Waals surface area (Å²) < 4.78 is 6.43. The van der Waals surface area contributed by atoms with Crippen LogP contribution in [0.3, 0.4) is 0 Å². The maximum Gasteiger partial charge on any atom is 0.335 e. The zero-order valence-electron chi connectivity index (χ0n) is 18.4. The quantitative estimate of drug-likeness (QED) is 0.203. The fourth-order valence-corrected chi connectivity index (χ4v) is 4.72. The number of benzene rings is 3. The first-order valence-electron chi connectivity index (χ1n) is 10.4. The van der Waals surface area contributed by atoms with Gasteiger partial charge in [0.15, 0.2) is 0 Å². The number of nitro benzene ring substituents is 1. The lowest BCUT2D eigenvalue weighted by Gasteiger charge is -2.12. The monoisotopic (exact) mass is 568 g/mol. The number of nitro groups is 1. The molecular formula is C25H17BrN2O7S. The summed E-state index contributed by atoms with van der Waals surface area (Å²) >= 11 is 4.25. The van der Waals surface area contributed by atoms with Crippen LogP contribution >= 0.6 is 27.7 Å². The number of amides is 2. The Balaban J connectivity index is 1.43. The summed E-state index contributed by atoms with van der Waals surface area (Å²) in [6.07, 6.45) is 1.59. The molecule has 1 aliphatic rings. The van der Waals surface area contributed by atoms with Gasteiger partial charge in [0.1, 0.15) is 12.4 Å². The van der Waals surface area contributed by atoms with E-state index in [4.69, 9.17) is 9.84 Å². The van der Waals surface area contributed by atoms with Crippen molar-refractivity contribution in [3.05, 3.63) is 108 Å². The SMILES string of the molecule is O=C(O)c1ccc(COc2ccc(/C=C3/SC(=O)N(Cc4cccc([N+](=O)[O-])c4)C3=O)cc2Br)cc1. The van der Waals surface area contributed by atoms with Crippen LogP contribution in [0.1, 0.15) is 27.0 Å². The second-order valence-electron chi connectivity index (χ2n) is 7.68. The Bertz CT molecular complexity index is 1410.